The molecule has 1 aliphatic rings. The Morgan fingerprint density at radius 3 is 2.91 bits per heavy atom. The highest BCUT2D eigenvalue weighted by atomic mass is 16.5. The van der Waals surface area contributed by atoms with Gasteiger partial charge in [0.05, 0.1) is 12.7 Å². The van der Waals surface area contributed by atoms with Gasteiger partial charge in [-0.05, 0) is 0 Å². The lowest BCUT2D eigenvalue weighted by Crippen LogP contribution is -2.49. The van der Waals surface area contributed by atoms with Gasteiger partial charge in [-0.15, -0.1) is 0 Å². The summed E-state index contributed by atoms with van der Waals surface area (Å²) >= 11 is 0. The number of carboxylic acid groups (broad SMARTS) is 1. The summed E-state index contributed by atoms with van der Waals surface area (Å²) in [5.74, 6) is -0.943. The SMILES string of the molecule is N#CC1CNC(C(=O)O)CO1. The lowest BCUT2D eigenvalue weighted by Gasteiger charge is -2.23. The van der Waals surface area contributed by atoms with Crippen molar-refractivity contribution in [3.05, 3.63) is 0 Å². The average Bonchev–Trinajstić information content (AvgIpc) is 2.05. The van der Waals surface area contributed by atoms with Crippen LogP contribution in [0.1, 0.15) is 0 Å². The van der Waals surface area contributed by atoms with E-state index in [9.17, 15) is 4.79 Å². The third kappa shape index (κ3) is 1.90. The van der Waals surface area contributed by atoms with Crippen LogP contribution >= 0.6 is 0 Å². The maximum Gasteiger partial charge on any atom is 0.323 e. The molecule has 1 heterocycles. The summed E-state index contributed by atoms with van der Waals surface area (Å²) in [5, 5.41) is 19.5. The van der Waals surface area contributed by atoms with Crippen LogP contribution in [0.15, 0.2) is 0 Å². The van der Waals surface area contributed by atoms with E-state index in [2.05, 4.69) is 5.32 Å². The number of aliphatic carboxylic acids is 1. The number of hydrogen-bond donors (Lipinski definition) is 2. The first-order valence-electron chi connectivity index (χ1n) is 3.21. The van der Waals surface area contributed by atoms with Gasteiger partial charge in [-0.3, -0.25) is 10.1 Å². The molecule has 0 aliphatic carbocycles. The first-order chi connectivity index (χ1) is 5.24. The van der Waals surface area contributed by atoms with Gasteiger partial charge >= 0.3 is 5.97 Å². The molecule has 1 fully saturated rings. The second-order valence-corrected chi connectivity index (χ2v) is 2.25. The number of nitrogens with one attached hydrogen (secondary N) is 1. The lowest BCUT2D eigenvalue weighted by atomic mass is 10.2. The molecule has 0 aromatic carbocycles. The predicted molar refractivity (Wildman–Crippen MR) is 34.8 cm³/mol. The largest absolute Gasteiger partial charge is 0.480 e. The highest BCUT2D eigenvalue weighted by Crippen LogP contribution is 1.99. The third-order valence-corrected chi connectivity index (χ3v) is 1.46. The predicted octanol–water partition coefficient (Wildman–Crippen LogP) is -1.05. The summed E-state index contributed by atoms with van der Waals surface area (Å²) in [7, 11) is 0. The van der Waals surface area contributed by atoms with E-state index >= 15 is 0 Å². The summed E-state index contributed by atoms with van der Waals surface area (Å²) in [6.07, 6.45) is -0.509. The Balaban J connectivity index is 2.37. The maximum absolute atomic E-state index is 10.3. The van der Waals surface area contributed by atoms with Crippen molar-refractivity contribution in [1.29, 1.82) is 5.26 Å². The van der Waals surface area contributed by atoms with Gasteiger partial charge in [0.1, 0.15) is 6.04 Å². The number of nitriles is 1. The molecule has 2 unspecified atom stereocenters. The summed E-state index contributed by atoms with van der Waals surface area (Å²) in [4.78, 5) is 10.3. The Labute approximate surface area is 63.6 Å². The van der Waals surface area contributed by atoms with Gasteiger partial charge in [0, 0.05) is 6.54 Å². The van der Waals surface area contributed by atoms with E-state index < -0.39 is 18.1 Å². The molecule has 0 radical (unpaired) electrons. The molecule has 0 bridgehead atoms. The molecule has 0 spiro atoms. The maximum atomic E-state index is 10.3. The number of ether oxygens (including phenoxy) is 1. The van der Waals surface area contributed by atoms with E-state index in [0.717, 1.165) is 0 Å². The van der Waals surface area contributed by atoms with Crippen molar-refractivity contribution in [1.82, 2.24) is 5.32 Å². The minimum atomic E-state index is -0.943. The average molecular weight is 156 g/mol. The smallest absolute Gasteiger partial charge is 0.323 e. The summed E-state index contributed by atoms with van der Waals surface area (Å²) in [5.41, 5.74) is 0. The van der Waals surface area contributed by atoms with E-state index in [1.807, 2.05) is 6.07 Å². The summed E-state index contributed by atoms with van der Waals surface area (Å²) in [6.45, 7) is 0.348. The highest BCUT2D eigenvalue weighted by Gasteiger charge is 2.25. The Hall–Kier alpha value is -1.12. The zero-order valence-electron chi connectivity index (χ0n) is 5.78. The van der Waals surface area contributed by atoms with Crippen molar-refractivity contribution in [2.75, 3.05) is 13.2 Å². The Morgan fingerprint density at radius 1 is 1.82 bits per heavy atom. The number of carbonyl (C=O) groups is 1. The fourth-order valence-electron chi connectivity index (χ4n) is 0.821. The van der Waals surface area contributed by atoms with Crippen LogP contribution in [0.3, 0.4) is 0 Å². The van der Waals surface area contributed by atoms with Gasteiger partial charge in [-0.25, -0.2) is 0 Å². The molecule has 0 saturated carbocycles. The fraction of sp³-hybridized carbons (Fsp3) is 0.667. The molecule has 5 heteroatoms. The Bertz CT molecular complexity index is 190. The molecule has 0 amide bonds. The van der Waals surface area contributed by atoms with Crippen LogP contribution in [0.25, 0.3) is 0 Å². The van der Waals surface area contributed by atoms with Crippen molar-refractivity contribution in [3.8, 4) is 6.07 Å². The molecule has 60 valence electrons. The van der Waals surface area contributed by atoms with Gasteiger partial charge in [0.25, 0.3) is 0 Å². The molecule has 5 nitrogen and oxygen atoms in total. The molecular formula is C6H8N2O3. The van der Waals surface area contributed by atoms with E-state index in [4.69, 9.17) is 15.1 Å². The molecule has 0 aromatic rings. The molecule has 1 rings (SSSR count). The molecule has 2 atom stereocenters. The van der Waals surface area contributed by atoms with Gasteiger partial charge < -0.3 is 9.84 Å². The van der Waals surface area contributed by atoms with Crippen molar-refractivity contribution in [2.45, 2.75) is 12.1 Å². The highest BCUT2D eigenvalue weighted by molar-refractivity contribution is 5.73. The topological polar surface area (TPSA) is 82.4 Å². The lowest BCUT2D eigenvalue weighted by molar-refractivity contribution is -0.143. The van der Waals surface area contributed by atoms with E-state index in [1.165, 1.54) is 0 Å². The van der Waals surface area contributed by atoms with Crippen LogP contribution in [0.5, 0.6) is 0 Å². The monoisotopic (exact) mass is 156 g/mol. The number of rotatable bonds is 1. The summed E-state index contributed by atoms with van der Waals surface area (Å²) in [6, 6.07) is 1.22. The van der Waals surface area contributed by atoms with Crippen LogP contribution in [0.4, 0.5) is 0 Å². The van der Waals surface area contributed by atoms with Crippen LogP contribution in [-0.4, -0.2) is 36.4 Å². The standard InChI is InChI=1S/C6H8N2O3/c7-1-4-2-8-5(3-11-4)6(9)10/h4-5,8H,2-3H2,(H,9,10). The zero-order chi connectivity index (χ0) is 8.27. The van der Waals surface area contributed by atoms with Crippen molar-refractivity contribution in [3.63, 3.8) is 0 Å². The Morgan fingerprint density at radius 2 is 2.55 bits per heavy atom. The molecule has 0 aromatic heterocycles. The molecule has 2 N–H and O–H groups in total. The molecule has 11 heavy (non-hydrogen) atoms. The van der Waals surface area contributed by atoms with E-state index in [0.29, 0.717) is 0 Å². The van der Waals surface area contributed by atoms with Gasteiger partial charge in [-0.1, -0.05) is 0 Å². The van der Waals surface area contributed by atoms with Crippen LogP contribution in [-0.2, 0) is 9.53 Å². The first kappa shape index (κ1) is 7.98. The number of hydrogen-bond acceptors (Lipinski definition) is 4. The quantitative estimate of drug-likeness (QED) is 0.506. The summed E-state index contributed by atoms with van der Waals surface area (Å²) < 4.78 is 4.90. The van der Waals surface area contributed by atoms with Gasteiger partial charge in [0.15, 0.2) is 6.10 Å². The minimum absolute atomic E-state index is 0.0631. The van der Waals surface area contributed by atoms with Crippen molar-refractivity contribution in [2.24, 2.45) is 0 Å². The number of morpholine rings is 1. The second kappa shape index (κ2) is 3.32. The zero-order valence-corrected chi connectivity index (χ0v) is 5.78. The van der Waals surface area contributed by atoms with Crippen LogP contribution < -0.4 is 5.32 Å². The third-order valence-electron chi connectivity index (χ3n) is 1.46. The minimum Gasteiger partial charge on any atom is -0.480 e. The fourth-order valence-corrected chi connectivity index (χ4v) is 0.821. The van der Waals surface area contributed by atoms with Crippen LogP contribution in [0.2, 0.25) is 0 Å². The van der Waals surface area contributed by atoms with E-state index in [1.54, 1.807) is 0 Å². The first-order valence-corrected chi connectivity index (χ1v) is 3.21. The number of carboxylic acids is 1. The molecular weight excluding hydrogens is 148 g/mol. The molecule has 1 aliphatic heterocycles. The van der Waals surface area contributed by atoms with Gasteiger partial charge in [-0.2, -0.15) is 5.26 Å². The van der Waals surface area contributed by atoms with Crippen molar-refractivity contribution < 1.29 is 14.6 Å². The number of nitrogens with zero attached hydrogens (tertiary/aromatic N) is 1. The van der Waals surface area contributed by atoms with Gasteiger partial charge in [0.2, 0.25) is 0 Å². The normalized spacial score (nSPS) is 30.8. The van der Waals surface area contributed by atoms with Crippen molar-refractivity contribution >= 4 is 5.97 Å². The second-order valence-electron chi connectivity index (χ2n) is 2.25. The molecule has 1 saturated heterocycles. The van der Waals surface area contributed by atoms with Crippen LogP contribution in [0, 0.1) is 11.3 Å². The van der Waals surface area contributed by atoms with E-state index in [-0.39, 0.29) is 13.2 Å². The Kier molecular flexibility index (Phi) is 2.41.